The van der Waals surface area contributed by atoms with Gasteiger partial charge in [-0.3, -0.25) is 4.79 Å². The van der Waals surface area contributed by atoms with Crippen molar-refractivity contribution in [3.63, 3.8) is 0 Å². The number of hydrogen-bond acceptors (Lipinski definition) is 2. The lowest BCUT2D eigenvalue weighted by Gasteiger charge is -2.09. The van der Waals surface area contributed by atoms with Crippen molar-refractivity contribution in [1.82, 2.24) is 0 Å². The first-order chi connectivity index (χ1) is 9.16. The van der Waals surface area contributed by atoms with E-state index >= 15 is 0 Å². The van der Waals surface area contributed by atoms with Crippen LogP contribution >= 0.6 is 0 Å². The van der Waals surface area contributed by atoms with Gasteiger partial charge in [-0.15, -0.1) is 0 Å². The Morgan fingerprint density at radius 1 is 1.00 bits per heavy atom. The van der Waals surface area contributed by atoms with Crippen molar-refractivity contribution in [1.29, 1.82) is 0 Å². The van der Waals surface area contributed by atoms with Crippen molar-refractivity contribution in [2.24, 2.45) is 5.73 Å². The van der Waals surface area contributed by atoms with Crippen LogP contribution in [0.2, 0.25) is 0 Å². The first-order valence-corrected chi connectivity index (χ1v) is 6.04. The van der Waals surface area contributed by atoms with E-state index in [9.17, 15) is 4.79 Å². The summed E-state index contributed by atoms with van der Waals surface area (Å²) in [4.78, 5) is 11.0. The number of carbonyl (C=O) groups is 1. The Kier molecular flexibility index (Phi) is 3.98. The lowest BCUT2D eigenvalue weighted by Crippen LogP contribution is -2.10. The molecule has 0 saturated carbocycles. The third kappa shape index (κ3) is 3.45. The fourth-order valence-corrected chi connectivity index (χ4v) is 1.74. The van der Waals surface area contributed by atoms with Gasteiger partial charge in [0.15, 0.2) is 0 Å². The Balaban J connectivity index is 1.95. The normalized spacial score (nSPS) is 9.89. The van der Waals surface area contributed by atoms with E-state index in [1.807, 2.05) is 42.5 Å². The van der Waals surface area contributed by atoms with E-state index in [0.29, 0.717) is 12.1 Å². The van der Waals surface area contributed by atoms with E-state index in [-0.39, 0.29) is 0 Å². The van der Waals surface area contributed by atoms with Gasteiger partial charge in [0.25, 0.3) is 0 Å². The summed E-state index contributed by atoms with van der Waals surface area (Å²) >= 11 is 0. The lowest BCUT2D eigenvalue weighted by molar-refractivity contribution is 0.100. The minimum Gasteiger partial charge on any atom is -0.381 e. The predicted octanol–water partition coefficient (Wildman–Crippen LogP) is 2.91. The molecule has 0 aliphatic carbocycles. The number of anilines is 1. The van der Waals surface area contributed by atoms with Crippen LogP contribution in [0.25, 0.3) is 5.57 Å². The van der Waals surface area contributed by atoms with Gasteiger partial charge in [-0.2, -0.15) is 0 Å². The van der Waals surface area contributed by atoms with E-state index in [4.69, 9.17) is 5.73 Å². The van der Waals surface area contributed by atoms with E-state index < -0.39 is 5.91 Å². The first-order valence-electron chi connectivity index (χ1n) is 6.04. The molecule has 3 heteroatoms. The zero-order valence-corrected chi connectivity index (χ0v) is 10.6. The van der Waals surface area contributed by atoms with Crippen molar-refractivity contribution in [2.45, 2.75) is 0 Å². The molecule has 3 N–H and O–H groups in total. The second-order valence-electron chi connectivity index (χ2n) is 4.26. The van der Waals surface area contributed by atoms with E-state index in [1.54, 1.807) is 12.1 Å². The van der Waals surface area contributed by atoms with Crippen LogP contribution in [-0.4, -0.2) is 12.5 Å². The molecule has 0 bridgehead atoms. The SMILES string of the molecule is C=C(CNc1ccc(C(N)=O)cc1)c1ccccc1. The molecule has 0 aliphatic heterocycles. The molecule has 0 radical (unpaired) electrons. The monoisotopic (exact) mass is 252 g/mol. The van der Waals surface area contributed by atoms with E-state index in [0.717, 1.165) is 16.8 Å². The van der Waals surface area contributed by atoms with Crippen LogP contribution < -0.4 is 11.1 Å². The molecule has 2 aromatic rings. The number of hydrogen-bond donors (Lipinski definition) is 2. The summed E-state index contributed by atoms with van der Waals surface area (Å²) in [5, 5.41) is 3.26. The third-order valence-electron chi connectivity index (χ3n) is 2.86. The molecule has 0 heterocycles. The van der Waals surface area contributed by atoms with Crippen LogP contribution in [0.4, 0.5) is 5.69 Å². The highest BCUT2D eigenvalue weighted by molar-refractivity contribution is 5.93. The molecular formula is C16H16N2O. The van der Waals surface area contributed by atoms with Crippen LogP contribution in [0, 0.1) is 0 Å². The summed E-state index contributed by atoms with van der Waals surface area (Å²) in [6.45, 7) is 4.70. The molecule has 2 aromatic carbocycles. The van der Waals surface area contributed by atoms with Crippen molar-refractivity contribution in [2.75, 3.05) is 11.9 Å². The average Bonchev–Trinajstić information content (AvgIpc) is 2.46. The minimum atomic E-state index is -0.416. The topological polar surface area (TPSA) is 55.1 Å². The van der Waals surface area contributed by atoms with E-state index in [1.165, 1.54) is 0 Å². The van der Waals surface area contributed by atoms with E-state index in [2.05, 4.69) is 11.9 Å². The van der Waals surface area contributed by atoms with Crippen molar-refractivity contribution < 1.29 is 4.79 Å². The van der Waals surface area contributed by atoms with Crippen LogP contribution in [0.15, 0.2) is 61.2 Å². The molecule has 0 atom stereocenters. The molecule has 0 fully saturated rings. The minimum absolute atomic E-state index is 0.416. The maximum Gasteiger partial charge on any atom is 0.248 e. The van der Waals surface area contributed by atoms with Crippen molar-refractivity contribution in [3.8, 4) is 0 Å². The maximum absolute atomic E-state index is 11.0. The summed E-state index contributed by atoms with van der Waals surface area (Å²) in [5.41, 5.74) is 8.76. The van der Waals surface area contributed by atoms with Gasteiger partial charge in [-0.05, 0) is 35.4 Å². The van der Waals surface area contributed by atoms with Gasteiger partial charge in [0.2, 0.25) is 5.91 Å². The second-order valence-corrected chi connectivity index (χ2v) is 4.26. The molecule has 0 spiro atoms. The van der Waals surface area contributed by atoms with Crippen LogP contribution in [-0.2, 0) is 0 Å². The average molecular weight is 252 g/mol. The highest BCUT2D eigenvalue weighted by Gasteiger charge is 2.01. The summed E-state index contributed by atoms with van der Waals surface area (Å²) < 4.78 is 0. The molecule has 1 amide bonds. The molecule has 19 heavy (non-hydrogen) atoms. The fourth-order valence-electron chi connectivity index (χ4n) is 1.74. The van der Waals surface area contributed by atoms with Gasteiger partial charge in [0, 0.05) is 17.8 Å². The largest absolute Gasteiger partial charge is 0.381 e. The standard InChI is InChI=1S/C16H16N2O/c1-12(13-5-3-2-4-6-13)11-18-15-9-7-14(8-10-15)16(17)19/h2-10,18H,1,11H2,(H2,17,19). The first kappa shape index (κ1) is 12.9. The molecule has 0 aliphatic rings. The van der Waals surface area contributed by atoms with Crippen molar-refractivity contribution >= 4 is 17.2 Å². The Morgan fingerprint density at radius 3 is 2.21 bits per heavy atom. The maximum atomic E-state index is 11.0. The van der Waals surface area contributed by atoms with Gasteiger partial charge in [-0.1, -0.05) is 36.9 Å². The number of nitrogens with two attached hydrogens (primary N) is 1. The smallest absolute Gasteiger partial charge is 0.248 e. The third-order valence-corrected chi connectivity index (χ3v) is 2.86. The number of primary amides is 1. The number of nitrogens with one attached hydrogen (secondary N) is 1. The molecule has 2 rings (SSSR count). The van der Waals surface area contributed by atoms with Crippen LogP contribution in [0.5, 0.6) is 0 Å². The Bertz CT molecular complexity index is 573. The highest BCUT2D eigenvalue weighted by atomic mass is 16.1. The van der Waals surface area contributed by atoms with Gasteiger partial charge in [-0.25, -0.2) is 0 Å². The predicted molar refractivity (Wildman–Crippen MR) is 78.9 cm³/mol. The molecule has 3 nitrogen and oxygen atoms in total. The van der Waals surface area contributed by atoms with Crippen LogP contribution in [0.3, 0.4) is 0 Å². The second kappa shape index (κ2) is 5.87. The van der Waals surface area contributed by atoms with Gasteiger partial charge >= 0.3 is 0 Å². The number of benzene rings is 2. The molecular weight excluding hydrogens is 236 g/mol. The van der Waals surface area contributed by atoms with Crippen LogP contribution in [0.1, 0.15) is 15.9 Å². The molecule has 0 aromatic heterocycles. The zero-order valence-electron chi connectivity index (χ0n) is 10.6. The quantitative estimate of drug-likeness (QED) is 0.859. The fraction of sp³-hybridized carbons (Fsp3) is 0.0625. The van der Waals surface area contributed by atoms with Gasteiger partial charge in [0.05, 0.1) is 0 Å². The Hall–Kier alpha value is -2.55. The number of rotatable bonds is 5. The summed E-state index contributed by atoms with van der Waals surface area (Å²) in [6.07, 6.45) is 0. The Morgan fingerprint density at radius 2 is 1.63 bits per heavy atom. The highest BCUT2D eigenvalue weighted by Crippen LogP contribution is 2.14. The molecule has 0 unspecified atom stereocenters. The summed E-state index contributed by atoms with van der Waals surface area (Å²) in [7, 11) is 0. The zero-order chi connectivity index (χ0) is 13.7. The summed E-state index contributed by atoms with van der Waals surface area (Å²) in [6, 6.07) is 17.1. The van der Waals surface area contributed by atoms with Crippen molar-refractivity contribution in [3.05, 3.63) is 72.3 Å². The van der Waals surface area contributed by atoms with Gasteiger partial charge in [0.1, 0.15) is 0 Å². The van der Waals surface area contributed by atoms with Gasteiger partial charge < -0.3 is 11.1 Å². The number of carbonyl (C=O) groups excluding carboxylic acids is 1. The molecule has 0 saturated heterocycles. The molecule has 96 valence electrons. The lowest BCUT2D eigenvalue weighted by atomic mass is 10.1. The Labute approximate surface area is 112 Å². The summed E-state index contributed by atoms with van der Waals surface area (Å²) in [5.74, 6) is -0.416. The number of amides is 1.